The van der Waals surface area contributed by atoms with E-state index in [1.807, 2.05) is 6.07 Å². The van der Waals surface area contributed by atoms with Crippen molar-refractivity contribution in [1.82, 2.24) is 9.88 Å². The van der Waals surface area contributed by atoms with Crippen molar-refractivity contribution in [2.75, 3.05) is 20.2 Å². The fourth-order valence-corrected chi connectivity index (χ4v) is 2.82. The van der Waals surface area contributed by atoms with Gasteiger partial charge in [-0.15, -0.1) is 0 Å². The highest BCUT2D eigenvalue weighted by Crippen LogP contribution is 2.33. The second kappa shape index (κ2) is 6.19. The van der Waals surface area contributed by atoms with E-state index in [0.717, 1.165) is 5.69 Å². The number of likely N-dealkylation sites (tertiary alicyclic amines) is 1. The minimum atomic E-state index is 0.565. The van der Waals surface area contributed by atoms with Gasteiger partial charge in [0.1, 0.15) is 0 Å². The Hall–Kier alpha value is -1.09. The maximum Gasteiger partial charge on any atom is 0.213 e. The van der Waals surface area contributed by atoms with E-state index in [0.29, 0.717) is 11.9 Å². The van der Waals surface area contributed by atoms with Crippen LogP contribution in [0, 0.1) is 6.92 Å². The smallest absolute Gasteiger partial charge is 0.213 e. The molecule has 1 aliphatic rings. The van der Waals surface area contributed by atoms with Gasteiger partial charge in [-0.3, -0.25) is 4.90 Å². The van der Waals surface area contributed by atoms with E-state index >= 15 is 0 Å². The minimum absolute atomic E-state index is 0.565. The molecule has 0 aromatic carbocycles. The zero-order valence-electron chi connectivity index (χ0n) is 11.8. The van der Waals surface area contributed by atoms with Crippen molar-refractivity contribution in [3.05, 3.63) is 23.4 Å². The van der Waals surface area contributed by atoms with Crippen molar-refractivity contribution >= 4 is 0 Å². The fraction of sp³-hybridized carbons (Fsp3) is 0.667. The molecule has 0 N–H and O–H groups in total. The zero-order chi connectivity index (χ0) is 13.0. The SMILES string of the molecule is CCCCN1CCC[C@H]1c1ccc(OC)nc1C. The van der Waals surface area contributed by atoms with Gasteiger partial charge in [0.05, 0.1) is 7.11 Å². The molecule has 3 nitrogen and oxygen atoms in total. The van der Waals surface area contributed by atoms with Gasteiger partial charge in [0.2, 0.25) is 5.88 Å². The van der Waals surface area contributed by atoms with Gasteiger partial charge in [-0.1, -0.05) is 19.4 Å². The zero-order valence-corrected chi connectivity index (χ0v) is 11.8. The number of hydrogen-bond acceptors (Lipinski definition) is 3. The van der Waals surface area contributed by atoms with Crippen LogP contribution in [0.25, 0.3) is 0 Å². The number of rotatable bonds is 5. The lowest BCUT2D eigenvalue weighted by atomic mass is 10.0. The summed E-state index contributed by atoms with van der Waals surface area (Å²) in [5, 5.41) is 0. The molecule has 0 aliphatic carbocycles. The second-order valence-electron chi connectivity index (χ2n) is 5.08. The molecule has 3 heteroatoms. The van der Waals surface area contributed by atoms with Crippen molar-refractivity contribution in [1.29, 1.82) is 0 Å². The number of aryl methyl sites for hydroxylation is 1. The quantitative estimate of drug-likeness (QED) is 0.799. The molecule has 1 aromatic heterocycles. The van der Waals surface area contributed by atoms with E-state index in [2.05, 4.69) is 29.8 Å². The predicted molar refractivity (Wildman–Crippen MR) is 74.0 cm³/mol. The molecule has 100 valence electrons. The molecule has 0 spiro atoms. The molecular weight excluding hydrogens is 224 g/mol. The molecule has 0 bridgehead atoms. The molecule has 0 amide bonds. The van der Waals surface area contributed by atoms with Crippen LogP contribution in [0.4, 0.5) is 0 Å². The van der Waals surface area contributed by atoms with Crippen LogP contribution < -0.4 is 4.74 Å². The van der Waals surface area contributed by atoms with Gasteiger partial charge in [0.15, 0.2) is 0 Å². The summed E-state index contributed by atoms with van der Waals surface area (Å²) in [4.78, 5) is 7.11. The highest BCUT2D eigenvalue weighted by Gasteiger charge is 2.26. The lowest BCUT2D eigenvalue weighted by molar-refractivity contribution is 0.252. The lowest BCUT2D eigenvalue weighted by Crippen LogP contribution is -2.25. The van der Waals surface area contributed by atoms with E-state index in [1.165, 1.54) is 44.3 Å². The number of nitrogens with zero attached hydrogens (tertiary/aromatic N) is 2. The van der Waals surface area contributed by atoms with Gasteiger partial charge in [-0.25, -0.2) is 4.98 Å². The minimum Gasteiger partial charge on any atom is -0.481 e. The largest absolute Gasteiger partial charge is 0.481 e. The van der Waals surface area contributed by atoms with Crippen molar-refractivity contribution < 1.29 is 4.74 Å². The first kappa shape index (κ1) is 13.3. The average molecular weight is 248 g/mol. The van der Waals surface area contributed by atoms with Crippen molar-refractivity contribution in [2.24, 2.45) is 0 Å². The molecule has 1 aliphatic heterocycles. The highest BCUT2D eigenvalue weighted by molar-refractivity contribution is 5.28. The van der Waals surface area contributed by atoms with E-state index in [4.69, 9.17) is 4.74 Å². The number of ether oxygens (including phenoxy) is 1. The number of methoxy groups -OCH3 is 1. The van der Waals surface area contributed by atoms with Gasteiger partial charge in [0, 0.05) is 17.8 Å². The molecule has 1 saturated heterocycles. The Balaban J connectivity index is 2.14. The summed E-state index contributed by atoms with van der Waals surface area (Å²) < 4.78 is 5.18. The Morgan fingerprint density at radius 2 is 2.28 bits per heavy atom. The van der Waals surface area contributed by atoms with E-state index < -0.39 is 0 Å². The molecular formula is C15H24N2O. The molecule has 1 atom stereocenters. The van der Waals surface area contributed by atoms with Crippen molar-refractivity contribution in [2.45, 2.75) is 45.6 Å². The van der Waals surface area contributed by atoms with E-state index in [1.54, 1.807) is 7.11 Å². The van der Waals surface area contributed by atoms with Crippen molar-refractivity contribution in [3.63, 3.8) is 0 Å². The summed E-state index contributed by atoms with van der Waals surface area (Å²) >= 11 is 0. The first-order chi connectivity index (χ1) is 8.76. The van der Waals surface area contributed by atoms with Crippen LogP contribution in [-0.2, 0) is 0 Å². The number of hydrogen-bond donors (Lipinski definition) is 0. The third-order valence-corrected chi connectivity index (χ3v) is 3.83. The van der Waals surface area contributed by atoms with Crippen LogP contribution in [0.3, 0.4) is 0 Å². The molecule has 1 aromatic rings. The van der Waals surface area contributed by atoms with Crippen molar-refractivity contribution in [3.8, 4) is 5.88 Å². The normalized spacial score (nSPS) is 20.3. The topological polar surface area (TPSA) is 25.4 Å². The summed E-state index contributed by atoms with van der Waals surface area (Å²) in [6, 6.07) is 4.74. The Labute approximate surface area is 110 Å². The summed E-state index contributed by atoms with van der Waals surface area (Å²) in [5.74, 6) is 0.717. The third kappa shape index (κ3) is 2.83. The number of pyridine rings is 1. The summed E-state index contributed by atoms with van der Waals surface area (Å²) in [6.07, 6.45) is 5.13. The van der Waals surface area contributed by atoms with Gasteiger partial charge in [-0.2, -0.15) is 0 Å². The predicted octanol–water partition coefficient (Wildman–Crippen LogP) is 3.34. The molecule has 0 unspecified atom stereocenters. The Morgan fingerprint density at radius 1 is 1.44 bits per heavy atom. The summed E-state index contributed by atoms with van der Waals surface area (Å²) in [5.41, 5.74) is 2.49. The fourth-order valence-electron chi connectivity index (χ4n) is 2.82. The second-order valence-corrected chi connectivity index (χ2v) is 5.08. The Bertz CT molecular complexity index is 392. The summed E-state index contributed by atoms with van der Waals surface area (Å²) in [7, 11) is 1.67. The van der Waals surface area contributed by atoms with Crippen LogP contribution >= 0.6 is 0 Å². The van der Waals surface area contributed by atoms with Crippen LogP contribution in [0.15, 0.2) is 12.1 Å². The maximum absolute atomic E-state index is 5.18. The van der Waals surface area contributed by atoms with Crippen LogP contribution in [0.1, 0.15) is 49.9 Å². The summed E-state index contributed by atoms with van der Waals surface area (Å²) in [6.45, 7) is 6.79. The first-order valence-corrected chi connectivity index (χ1v) is 7.01. The van der Waals surface area contributed by atoms with Crippen LogP contribution in [-0.4, -0.2) is 30.1 Å². The van der Waals surface area contributed by atoms with Gasteiger partial charge in [0.25, 0.3) is 0 Å². The maximum atomic E-state index is 5.18. The third-order valence-electron chi connectivity index (χ3n) is 3.83. The lowest BCUT2D eigenvalue weighted by Gasteiger charge is -2.25. The highest BCUT2D eigenvalue weighted by atomic mass is 16.5. The van der Waals surface area contributed by atoms with Gasteiger partial charge >= 0.3 is 0 Å². The monoisotopic (exact) mass is 248 g/mol. The molecule has 1 fully saturated rings. The molecule has 0 radical (unpaired) electrons. The molecule has 2 rings (SSSR count). The van der Waals surface area contributed by atoms with Crippen LogP contribution in [0.5, 0.6) is 5.88 Å². The van der Waals surface area contributed by atoms with Gasteiger partial charge in [-0.05, 0) is 44.8 Å². The number of unbranched alkanes of at least 4 members (excludes halogenated alkanes) is 1. The first-order valence-electron chi connectivity index (χ1n) is 7.01. The molecule has 18 heavy (non-hydrogen) atoms. The number of aromatic nitrogens is 1. The molecule has 2 heterocycles. The molecule has 0 saturated carbocycles. The standard InChI is InChI=1S/C15H24N2O/c1-4-5-10-17-11-6-7-14(17)13-8-9-15(18-3)16-12(13)2/h8-9,14H,4-7,10-11H2,1-3H3/t14-/m0/s1. The van der Waals surface area contributed by atoms with Crippen LogP contribution in [0.2, 0.25) is 0 Å². The Kier molecular flexibility index (Phi) is 4.59. The average Bonchev–Trinajstić information content (AvgIpc) is 2.84. The Morgan fingerprint density at radius 3 is 2.94 bits per heavy atom. The van der Waals surface area contributed by atoms with E-state index in [-0.39, 0.29) is 0 Å². The van der Waals surface area contributed by atoms with E-state index in [9.17, 15) is 0 Å². The van der Waals surface area contributed by atoms with Gasteiger partial charge < -0.3 is 4.74 Å².